The lowest BCUT2D eigenvalue weighted by Gasteiger charge is -2.20. The van der Waals surface area contributed by atoms with Crippen molar-refractivity contribution in [2.45, 2.75) is 76.7 Å². The zero-order valence-corrected chi connectivity index (χ0v) is 18.0. The Kier molecular flexibility index (Phi) is 5.46. The molecule has 0 aromatic carbocycles. The molecule has 0 spiro atoms. The van der Waals surface area contributed by atoms with E-state index >= 15 is 0 Å². The average molecular weight is 423 g/mol. The van der Waals surface area contributed by atoms with Crippen molar-refractivity contribution in [1.29, 1.82) is 0 Å². The minimum absolute atomic E-state index is 0.0715. The monoisotopic (exact) mass is 422 g/mol. The predicted octanol–water partition coefficient (Wildman–Crippen LogP) is 3.53. The summed E-state index contributed by atoms with van der Waals surface area (Å²) in [7, 11) is 0. The number of nitrogens with one attached hydrogen (secondary N) is 2. The molecule has 0 bridgehead atoms. The van der Waals surface area contributed by atoms with Gasteiger partial charge < -0.3 is 10.3 Å². The summed E-state index contributed by atoms with van der Waals surface area (Å²) in [5.74, 6) is 2.14. The van der Waals surface area contributed by atoms with E-state index in [1.165, 1.54) is 0 Å². The van der Waals surface area contributed by atoms with Crippen LogP contribution in [0.25, 0.3) is 16.8 Å². The third kappa shape index (κ3) is 3.83. The van der Waals surface area contributed by atoms with Gasteiger partial charge in [-0.05, 0) is 44.1 Å². The Balaban J connectivity index is 1.28. The number of ketones is 1. The molecule has 2 saturated carbocycles. The number of carbonyl (C=O) groups excluding carboxylic acids is 2. The van der Waals surface area contributed by atoms with Gasteiger partial charge in [-0.15, -0.1) is 10.2 Å². The van der Waals surface area contributed by atoms with E-state index in [0.717, 1.165) is 61.2 Å². The molecule has 2 fully saturated rings. The smallest absolute Gasteiger partial charge is 0.220 e. The van der Waals surface area contributed by atoms with Crippen LogP contribution in [0.2, 0.25) is 0 Å². The number of nitrogens with zero attached hydrogens (tertiary/aromatic N) is 4. The lowest BCUT2D eigenvalue weighted by atomic mass is 9.85. The quantitative estimate of drug-likeness (QED) is 0.632. The molecule has 2 N–H and O–H groups in total. The normalized spacial score (nSPS) is 26.7. The highest BCUT2D eigenvalue weighted by Gasteiger charge is 2.38. The Morgan fingerprint density at radius 2 is 2.19 bits per heavy atom. The second-order valence-corrected chi connectivity index (χ2v) is 9.18. The minimum atomic E-state index is 0.0715. The highest BCUT2D eigenvalue weighted by molar-refractivity contribution is 5.83. The zero-order valence-electron chi connectivity index (χ0n) is 18.0. The maximum absolute atomic E-state index is 12.6. The molecule has 2 aliphatic carbocycles. The first-order valence-electron chi connectivity index (χ1n) is 11.6. The van der Waals surface area contributed by atoms with Crippen LogP contribution in [0.4, 0.5) is 0 Å². The van der Waals surface area contributed by atoms with Crippen LogP contribution >= 0.6 is 0 Å². The molecule has 8 heteroatoms. The summed E-state index contributed by atoms with van der Waals surface area (Å²) in [6, 6.07) is 2.14. The Labute approximate surface area is 181 Å². The number of fused-ring (bicyclic) bond motifs is 3. The summed E-state index contributed by atoms with van der Waals surface area (Å²) in [5, 5.41) is 12.1. The molecular weight excluding hydrogens is 392 g/mol. The molecule has 3 aromatic rings. The average Bonchev–Trinajstić information content (AvgIpc) is 3.49. The maximum Gasteiger partial charge on any atom is 0.220 e. The van der Waals surface area contributed by atoms with Gasteiger partial charge in [0.25, 0.3) is 0 Å². The second-order valence-electron chi connectivity index (χ2n) is 9.18. The molecule has 0 aliphatic heterocycles. The number of aromatic amines is 1. The molecule has 3 aromatic heterocycles. The van der Waals surface area contributed by atoms with Crippen molar-refractivity contribution < 1.29 is 9.59 Å². The zero-order chi connectivity index (χ0) is 21.4. The van der Waals surface area contributed by atoms with E-state index in [4.69, 9.17) is 0 Å². The standard InChI is InChI=1S/C23H30N6O2/c1-2-14-11-16(26-21(31)8-7-15-5-3-4-6-19(15)30)12-17(14)23-28-27-20-13-25-22-18(29(20)23)9-10-24-22/h9-10,13-17,24H,2-8,11-12H2,1H3,(H,26,31)/t14-,15+,16?,17+/m1/s1. The van der Waals surface area contributed by atoms with Crippen molar-refractivity contribution in [3.05, 3.63) is 24.3 Å². The van der Waals surface area contributed by atoms with Crippen LogP contribution in [-0.4, -0.2) is 42.3 Å². The minimum Gasteiger partial charge on any atom is -0.353 e. The number of amides is 1. The summed E-state index contributed by atoms with van der Waals surface area (Å²) < 4.78 is 2.10. The molecule has 3 heterocycles. The fourth-order valence-corrected chi connectivity index (χ4v) is 5.61. The van der Waals surface area contributed by atoms with Crippen LogP contribution in [0, 0.1) is 11.8 Å². The predicted molar refractivity (Wildman–Crippen MR) is 117 cm³/mol. The molecule has 2 aliphatic rings. The topological polar surface area (TPSA) is 105 Å². The number of aromatic nitrogens is 5. The van der Waals surface area contributed by atoms with Crippen LogP contribution in [0.15, 0.2) is 18.5 Å². The van der Waals surface area contributed by atoms with E-state index in [9.17, 15) is 9.59 Å². The van der Waals surface area contributed by atoms with E-state index in [0.29, 0.717) is 31.0 Å². The Bertz CT molecular complexity index is 1100. The molecule has 164 valence electrons. The summed E-state index contributed by atoms with van der Waals surface area (Å²) >= 11 is 0. The molecule has 4 atom stereocenters. The SMILES string of the molecule is CC[C@@H]1CC(NC(=O)CC[C@@H]2CCCCC2=O)C[C@@H]1c1nnc2cnc3[nH]ccc3n12. The van der Waals surface area contributed by atoms with Gasteiger partial charge in [0, 0.05) is 36.9 Å². The number of hydrogen-bond acceptors (Lipinski definition) is 5. The molecule has 0 saturated heterocycles. The van der Waals surface area contributed by atoms with Crippen molar-refractivity contribution in [1.82, 2.24) is 29.9 Å². The molecular formula is C23H30N6O2. The third-order valence-electron chi connectivity index (χ3n) is 7.28. The molecule has 1 unspecified atom stereocenters. The second kappa shape index (κ2) is 8.40. The highest BCUT2D eigenvalue weighted by atomic mass is 16.1. The van der Waals surface area contributed by atoms with Crippen LogP contribution in [-0.2, 0) is 9.59 Å². The molecule has 5 rings (SSSR count). The summed E-state index contributed by atoms with van der Waals surface area (Å²) in [6.45, 7) is 2.20. The van der Waals surface area contributed by atoms with E-state index < -0.39 is 0 Å². The number of H-pyrrole nitrogens is 1. The number of Topliss-reactive ketones (excluding diaryl/α,β-unsaturated/α-hetero) is 1. The Morgan fingerprint density at radius 3 is 3.03 bits per heavy atom. The molecule has 0 radical (unpaired) electrons. The van der Waals surface area contributed by atoms with Crippen molar-refractivity contribution >= 4 is 28.5 Å². The van der Waals surface area contributed by atoms with Gasteiger partial charge in [-0.1, -0.05) is 19.8 Å². The number of hydrogen-bond donors (Lipinski definition) is 2. The van der Waals surface area contributed by atoms with Crippen LogP contribution in [0.1, 0.15) is 76.5 Å². The van der Waals surface area contributed by atoms with E-state index in [-0.39, 0.29) is 23.8 Å². The van der Waals surface area contributed by atoms with Gasteiger partial charge in [0.15, 0.2) is 11.3 Å². The van der Waals surface area contributed by atoms with E-state index in [2.05, 4.69) is 36.8 Å². The van der Waals surface area contributed by atoms with Gasteiger partial charge in [-0.3, -0.25) is 14.0 Å². The molecule has 8 nitrogen and oxygen atoms in total. The summed E-state index contributed by atoms with van der Waals surface area (Å²) in [6.07, 6.45) is 11.3. The number of carbonyl (C=O) groups is 2. The van der Waals surface area contributed by atoms with Gasteiger partial charge in [0.2, 0.25) is 5.91 Å². The van der Waals surface area contributed by atoms with Gasteiger partial charge in [-0.25, -0.2) is 4.98 Å². The summed E-state index contributed by atoms with van der Waals surface area (Å²) in [4.78, 5) is 32.2. The van der Waals surface area contributed by atoms with Crippen molar-refractivity contribution in [2.24, 2.45) is 11.8 Å². The third-order valence-corrected chi connectivity index (χ3v) is 7.28. The van der Waals surface area contributed by atoms with E-state index in [1.807, 2.05) is 12.3 Å². The fourth-order valence-electron chi connectivity index (χ4n) is 5.61. The first-order chi connectivity index (χ1) is 15.1. The largest absolute Gasteiger partial charge is 0.353 e. The molecule has 1 amide bonds. The maximum atomic E-state index is 12.6. The van der Waals surface area contributed by atoms with Crippen molar-refractivity contribution in [3.8, 4) is 0 Å². The van der Waals surface area contributed by atoms with Crippen molar-refractivity contribution in [2.75, 3.05) is 0 Å². The van der Waals surface area contributed by atoms with Crippen LogP contribution < -0.4 is 5.32 Å². The summed E-state index contributed by atoms with van der Waals surface area (Å²) in [5.41, 5.74) is 2.56. The van der Waals surface area contributed by atoms with Gasteiger partial charge in [0.1, 0.15) is 11.6 Å². The lowest BCUT2D eigenvalue weighted by Crippen LogP contribution is -2.33. The van der Waals surface area contributed by atoms with Crippen molar-refractivity contribution in [3.63, 3.8) is 0 Å². The number of rotatable bonds is 6. The van der Waals surface area contributed by atoms with Gasteiger partial charge in [-0.2, -0.15) is 0 Å². The lowest BCUT2D eigenvalue weighted by molar-refractivity contribution is -0.125. The first kappa shape index (κ1) is 20.2. The molecule has 31 heavy (non-hydrogen) atoms. The first-order valence-corrected chi connectivity index (χ1v) is 11.6. The Morgan fingerprint density at radius 1 is 1.29 bits per heavy atom. The van der Waals surface area contributed by atoms with Gasteiger partial charge >= 0.3 is 0 Å². The van der Waals surface area contributed by atoms with Gasteiger partial charge in [0.05, 0.1) is 11.7 Å². The highest BCUT2D eigenvalue weighted by Crippen LogP contribution is 2.41. The van der Waals surface area contributed by atoms with Crippen LogP contribution in [0.3, 0.4) is 0 Å². The Hall–Kier alpha value is -2.77. The van der Waals surface area contributed by atoms with Crippen LogP contribution in [0.5, 0.6) is 0 Å². The fraction of sp³-hybridized carbons (Fsp3) is 0.609. The van der Waals surface area contributed by atoms with E-state index in [1.54, 1.807) is 6.20 Å².